The molecule has 2 aromatic carbocycles. The Morgan fingerprint density at radius 2 is 1.91 bits per heavy atom. The summed E-state index contributed by atoms with van der Waals surface area (Å²) in [5.74, 6) is -1.53. The lowest BCUT2D eigenvalue weighted by atomic mass is 10.2. The zero-order valence-corrected chi connectivity index (χ0v) is 13.2. The first-order chi connectivity index (χ1) is 11.1. The first-order valence-electron chi connectivity index (χ1n) is 7.17. The normalized spacial score (nSPS) is 11.1. The maximum absolute atomic E-state index is 13.7. The van der Waals surface area contributed by atoms with Crippen molar-refractivity contribution in [1.29, 1.82) is 0 Å². The maximum atomic E-state index is 13.7. The molecule has 6 heteroatoms. The lowest BCUT2D eigenvalue weighted by Crippen LogP contribution is -2.22. The molecular formula is C17H14F2N2OS. The van der Waals surface area contributed by atoms with Gasteiger partial charge in [-0.2, -0.15) is 0 Å². The molecule has 0 N–H and O–H groups in total. The minimum absolute atomic E-state index is 0.125. The van der Waals surface area contributed by atoms with E-state index in [-0.39, 0.29) is 16.9 Å². The van der Waals surface area contributed by atoms with Gasteiger partial charge < -0.3 is 0 Å². The van der Waals surface area contributed by atoms with Crippen LogP contribution in [0, 0.1) is 11.6 Å². The first-order valence-corrected chi connectivity index (χ1v) is 8.15. The molecule has 0 aliphatic carbocycles. The van der Waals surface area contributed by atoms with Gasteiger partial charge in [-0.3, -0.25) is 9.36 Å². The van der Waals surface area contributed by atoms with Crippen molar-refractivity contribution in [2.45, 2.75) is 24.4 Å². The number of benzene rings is 2. The van der Waals surface area contributed by atoms with Crippen molar-refractivity contribution in [1.82, 2.24) is 9.55 Å². The minimum atomic E-state index is -0.873. The number of thioether (sulfide) groups is 1. The summed E-state index contributed by atoms with van der Waals surface area (Å²) in [6, 6.07) is 11.2. The minimum Gasteiger partial charge on any atom is -0.287 e. The number of fused-ring (bicyclic) bond motifs is 1. The zero-order valence-electron chi connectivity index (χ0n) is 12.4. The van der Waals surface area contributed by atoms with E-state index in [2.05, 4.69) is 4.98 Å². The number of nitrogens with zero attached hydrogens (tertiary/aromatic N) is 2. The molecule has 0 amide bonds. The molecular weight excluding hydrogens is 318 g/mol. The predicted molar refractivity (Wildman–Crippen MR) is 87.6 cm³/mol. The highest BCUT2D eigenvalue weighted by molar-refractivity contribution is 7.98. The van der Waals surface area contributed by atoms with E-state index in [9.17, 15) is 13.6 Å². The maximum Gasteiger partial charge on any atom is 0.262 e. The molecule has 0 saturated carbocycles. The molecule has 3 nitrogen and oxygen atoms in total. The largest absolute Gasteiger partial charge is 0.287 e. The van der Waals surface area contributed by atoms with Crippen molar-refractivity contribution in [3.05, 3.63) is 70.0 Å². The Morgan fingerprint density at radius 1 is 1.13 bits per heavy atom. The molecule has 0 bridgehead atoms. The summed E-state index contributed by atoms with van der Waals surface area (Å²) in [6.07, 6.45) is 0. The Hall–Kier alpha value is -2.21. The van der Waals surface area contributed by atoms with Crippen LogP contribution in [-0.4, -0.2) is 9.55 Å². The molecule has 0 unspecified atom stereocenters. The molecule has 23 heavy (non-hydrogen) atoms. The van der Waals surface area contributed by atoms with E-state index in [1.165, 1.54) is 23.9 Å². The van der Waals surface area contributed by atoms with Crippen molar-refractivity contribution >= 4 is 22.7 Å². The van der Waals surface area contributed by atoms with Gasteiger partial charge in [0.25, 0.3) is 5.56 Å². The highest BCUT2D eigenvalue weighted by atomic mass is 32.2. The number of para-hydroxylation sites is 1. The average molecular weight is 332 g/mol. The summed E-state index contributed by atoms with van der Waals surface area (Å²) in [7, 11) is 0. The van der Waals surface area contributed by atoms with Crippen molar-refractivity contribution < 1.29 is 8.78 Å². The number of hydrogen-bond donors (Lipinski definition) is 0. The molecule has 0 fully saturated rings. The fourth-order valence-corrected chi connectivity index (χ4v) is 3.38. The van der Waals surface area contributed by atoms with Gasteiger partial charge in [-0.25, -0.2) is 13.8 Å². The predicted octanol–water partition coefficient (Wildman–Crippen LogP) is 3.99. The lowest BCUT2D eigenvalue weighted by molar-refractivity contribution is 0.502. The summed E-state index contributed by atoms with van der Waals surface area (Å²) in [6.45, 7) is 2.31. The van der Waals surface area contributed by atoms with Crippen LogP contribution in [0.1, 0.15) is 12.5 Å². The van der Waals surface area contributed by atoms with Gasteiger partial charge in [-0.15, -0.1) is 0 Å². The van der Waals surface area contributed by atoms with Gasteiger partial charge >= 0.3 is 0 Å². The van der Waals surface area contributed by atoms with E-state index < -0.39 is 11.6 Å². The van der Waals surface area contributed by atoms with Crippen molar-refractivity contribution in [3.63, 3.8) is 0 Å². The van der Waals surface area contributed by atoms with Gasteiger partial charge in [0.15, 0.2) is 16.8 Å². The monoisotopic (exact) mass is 332 g/mol. The Balaban J connectivity index is 1.99. The van der Waals surface area contributed by atoms with Crippen molar-refractivity contribution in [3.8, 4) is 0 Å². The Labute approximate surface area is 136 Å². The van der Waals surface area contributed by atoms with Crippen molar-refractivity contribution in [2.75, 3.05) is 0 Å². The lowest BCUT2D eigenvalue weighted by Gasteiger charge is -2.11. The number of hydrogen-bond acceptors (Lipinski definition) is 3. The van der Waals surface area contributed by atoms with Gasteiger partial charge in [-0.1, -0.05) is 36.0 Å². The molecule has 3 rings (SSSR count). The Morgan fingerprint density at radius 3 is 2.70 bits per heavy atom. The number of aromatic nitrogens is 2. The van der Waals surface area contributed by atoms with Crippen LogP contribution in [0.5, 0.6) is 0 Å². The van der Waals surface area contributed by atoms with Crippen LogP contribution in [-0.2, 0) is 12.3 Å². The zero-order chi connectivity index (χ0) is 16.4. The van der Waals surface area contributed by atoms with E-state index in [0.717, 1.165) is 6.07 Å². The standard InChI is InChI=1S/C17H14F2N2OS/c1-2-21-16(22)12-7-3-4-9-14(12)20-17(21)23-10-11-6-5-8-13(18)15(11)19/h3-9H,2,10H2,1H3. The molecule has 0 saturated heterocycles. The number of halogens is 2. The first kappa shape index (κ1) is 15.7. The molecule has 0 atom stereocenters. The third-order valence-corrected chi connectivity index (χ3v) is 4.56. The molecule has 3 aromatic rings. The summed E-state index contributed by atoms with van der Waals surface area (Å²) in [4.78, 5) is 17.0. The second-order valence-electron chi connectivity index (χ2n) is 4.96. The smallest absolute Gasteiger partial charge is 0.262 e. The third kappa shape index (κ3) is 2.99. The van der Waals surface area contributed by atoms with Gasteiger partial charge in [0.2, 0.25) is 0 Å². The molecule has 0 radical (unpaired) electrons. The van der Waals surface area contributed by atoms with Crippen LogP contribution in [0.25, 0.3) is 10.9 Å². The fraction of sp³-hybridized carbons (Fsp3) is 0.176. The van der Waals surface area contributed by atoms with Crippen LogP contribution in [0.2, 0.25) is 0 Å². The topological polar surface area (TPSA) is 34.9 Å². The van der Waals surface area contributed by atoms with Gasteiger partial charge in [0.05, 0.1) is 10.9 Å². The summed E-state index contributed by atoms with van der Waals surface area (Å²) >= 11 is 1.22. The second kappa shape index (κ2) is 6.50. The second-order valence-corrected chi connectivity index (χ2v) is 5.91. The van der Waals surface area contributed by atoms with Gasteiger partial charge in [0.1, 0.15) is 0 Å². The fourth-order valence-electron chi connectivity index (χ4n) is 2.34. The van der Waals surface area contributed by atoms with E-state index >= 15 is 0 Å². The molecule has 118 valence electrons. The molecule has 0 aliphatic rings. The Bertz CT molecular complexity index is 924. The van der Waals surface area contributed by atoms with Crippen LogP contribution in [0.4, 0.5) is 8.78 Å². The van der Waals surface area contributed by atoms with E-state index in [1.54, 1.807) is 22.8 Å². The van der Waals surface area contributed by atoms with Gasteiger partial charge in [0, 0.05) is 17.9 Å². The molecule has 1 heterocycles. The van der Waals surface area contributed by atoms with E-state index in [0.29, 0.717) is 22.6 Å². The molecule has 0 aliphatic heterocycles. The SMILES string of the molecule is CCn1c(SCc2cccc(F)c2F)nc2ccccc2c1=O. The van der Waals surface area contributed by atoms with Crippen LogP contribution in [0.15, 0.2) is 52.4 Å². The summed E-state index contributed by atoms with van der Waals surface area (Å²) in [5.41, 5.74) is 0.727. The van der Waals surface area contributed by atoms with Gasteiger partial charge in [-0.05, 0) is 25.1 Å². The molecule has 0 spiro atoms. The van der Waals surface area contributed by atoms with E-state index in [4.69, 9.17) is 0 Å². The highest BCUT2D eigenvalue weighted by Crippen LogP contribution is 2.24. The van der Waals surface area contributed by atoms with E-state index in [1.807, 2.05) is 13.0 Å². The van der Waals surface area contributed by atoms with Crippen molar-refractivity contribution in [2.24, 2.45) is 0 Å². The number of rotatable bonds is 4. The summed E-state index contributed by atoms with van der Waals surface area (Å²) < 4.78 is 28.6. The quantitative estimate of drug-likeness (QED) is 0.535. The highest BCUT2D eigenvalue weighted by Gasteiger charge is 2.13. The third-order valence-electron chi connectivity index (χ3n) is 3.53. The van der Waals surface area contributed by atoms with Crippen LogP contribution < -0.4 is 5.56 Å². The van der Waals surface area contributed by atoms with Crippen LogP contribution >= 0.6 is 11.8 Å². The summed E-state index contributed by atoms with van der Waals surface area (Å²) in [5, 5.41) is 1.05. The Kier molecular flexibility index (Phi) is 4.43. The average Bonchev–Trinajstić information content (AvgIpc) is 2.56. The molecule has 1 aromatic heterocycles. The van der Waals surface area contributed by atoms with Crippen LogP contribution in [0.3, 0.4) is 0 Å².